The molecule has 0 spiro atoms. The summed E-state index contributed by atoms with van der Waals surface area (Å²) in [4.78, 5) is 13.1. The average Bonchev–Trinajstić information content (AvgIpc) is 2.34. The van der Waals surface area contributed by atoms with Crippen LogP contribution < -0.4 is 10.1 Å². The van der Waals surface area contributed by atoms with Crippen molar-refractivity contribution >= 4 is 5.91 Å². The number of carbonyl (C=O) groups excluding carboxylic acids is 1. The minimum atomic E-state index is -0.177. The summed E-state index contributed by atoms with van der Waals surface area (Å²) in [6.45, 7) is 3.05. The highest BCUT2D eigenvalue weighted by Gasteiger charge is 2.13. The molecule has 0 radical (unpaired) electrons. The maximum Gasteiger partial charge on any atom is 0.238 e. The molecular formula is C13H20N2O2. The third-order valence-electron chi connectivity index (χ3n) is 2.38. The summed E-state index contributed by atoms with van der Waals surface area (Å²) >= 11 is 0. The van der Waals surface area contributed by atoms with Crippen LogP contribution >= 0.6 is 0 Å². The van der Waals surface area contributed by atoms with Crippen molar-refractivity contribution in [1.29, 1.82) is 0 Å². The van der Waals surface area contributed by atoms with Gasteiger partial charge in [-0.25, -0.2) is 0 Å². The second kappa shape index (κ2) is 6.91. The normalized spacial score (nSPS) is 11.9. The van der Waals surface area contributed by atoms with Crippen molar-refractivity contribution in [2.45, 2.75) is 13.0 Å². The van der Waals surface area contributed by atoms with E-state index in [0.717, 1.165) is 5.75 Å². The van der Waals surface area contributed by atoms with E-state index in [9.17, 15) is 4.79 Å². The fourth-order valence-corrected chi connectivity index (χ4v) is 1.44. The lowest BCUT2D eigenvalue weighted by Gasteiger charge is -2.18. The molecule has 4 nitrogen and oxygen atoms in total. The van der Waals surface area contributed by atoms with Crippen molar-refractivity contribution in [3.63, 3.8) is 0 Å². The first-order chi connectivity index (χ1) is 8.11. The van der Waals surface area contributed by atoms with Crippen molar-refractivity contribution in [2.24, 2.45) is 0 Å². The zero-order valence-electron chi connectivity index (χ0n) is 10.6. The van der Waals surface area contributed by atoms with Crippen LogP contribution in [0.3, 0.4) is 0 Å². The quantitative estimate of drug-likeness (QED) is 0.753. The summed E-state index contributed by atoms with van der Waals surface area (Å²) in [6.07, 6.45) is 0. The van der Waals surface area contributed by atoms with Crippen molar-refractivity contribution in [3.8, 4) is 5.75 Å². The molecule has 1 rings (SSSR count). The van der Waals surface area contributed by atoms with Gasteiger partial charge in [0.1, 0.15) is 12.4 Å². The van der Waals surface area contributed by atoms with E-state index < -0.39 is 0 Å². The van der Waals surface area contributed by atoms with Crippen LogP contribution in [-0.2, 0) is 4.79 Å². The monoisotopic (exact) mass is 236 g/mol. The van der Waals surface area contributed by atoms with Gasteiger partial charge in [-0.3, -0.25) is 4.79 Å². The Morgan fingerprint density at radius 2 is 2.00 bits per heavy atom. The standard InChI is InChI=1S/C13H20N2O2/c1-11(13(16)15(2)3)14-9-10-17-12-7-5-4-6-8-12/h4-8,11,14H,9-10H2,1-3H3. The number of hydrogen-bond acceptors (Lipinski definition) is 3. The molecule has 0 aliphatic rings. The van der Waals surface area contributed by atoms with E-state index in [1.807, 2.05) is 37.3 Å². The Labute approximate surface area is 103 Å². The lowest BCUT2D eigenvalue weighted by Crippen LogP contribution is -2.42. The van der Waals surface area contributed by atoms with Crippen molar-refractivity contribution in [1.82, 2.24) is 10.2 Å². The molecule has 0 bridgehead atoms. The maximum absolute atomic E-state index is 11.5. The molecular weight excluding hydrogens is 216 g/mol. The lowest BCUT2D eigenvalue weighted by atomic mass is 10.3. The number of ether oxygens (including phenoxy) is 1. The summed E-state index contributed by atoms with van der Waals surface area (Å²) in [5.41, 5.74) is 0. The van der Waals surface area contributed by atoms with Crippen molar-refractivity contribution in [2.75, 3.05) is 27.2 Å². The predicted molar refractivity (Wildman–Crippen MR) is 68.1 cm³/mol. The molecule has 94 valence electrons. The molecule has 17 heavy (non-hydrogen) atoms. The molecule has 0 aliphatic heterocycles. The molecule has 0 fully saturated rings. The Morgan fingerprint density at radius 3 is 2.59 bits per heavy atom. The molecule has 0 saturated carbocycles. The SMILES string of the molecule is CC(NCCOc1ccccc1)C(=O)N(C)C. The molecule has 1 amide bonds. The van der Waals surface area contributed by atoms with Gasteiger partial charge in [-0.15, -0.1) is 0 Å². The number of nitrogens with zero attached hydrogens (tertiary/aromatic N) is 1. The number of amides is 1. The van der Waals surface area contributed by atoms with Crippen LogP contribution in [0.5, 0.6) is 5.75 Å². The largest absolute Gasteiger partial charge is 0.492 e. The summed E-state index contributed by atoms with van der Waals surface area (Å²) in [5, 5.41) is 3.12. The number of hydrogen-bond donors (Lipinski definition) is 1. The van der Waals surface area contributed by atoms with Gasteiger partial charge in [0.25, 0.3) is 0 Å². The zero-order valence-corrected chi connectivity index (χ0v) is 10.6. The van der Waals surface area contributed by atoms with Crippen molar-refractivity contribution in [3.05, 3.63) is 30.3 Å². The number of carbonyl (C=O) groups is 1. The van der Waals surface area contributed by atoms with Gasteiger partial charge < -0.3 is 15.0 Å². The van der Waals surface area contributed by atoms with E-state index in [0.29, 0.717) is 13.2 Å². The first-order valence-electron chi connectivity index (χ1n) is 5.73. The predicted octanol–water partition coefficient (Wildman–Crippen LogP) is 1.13. The number of para-hydroxylation sites is 1. The van der Waals surface area contributed by atoms with Gasteiger partial charge in [0.15, 0.2) is 0 Å². The molecule has 1 N–H and O–H groups in total. The third kappa shape index (κ3) is 4.87. The topological polar surface area (TPSA) is 41.6 Å². The van der Waals surface area contributed by atoms with Gasteiger partial charge in [0.2, 0.25) is 5.91 Å². The Balaban J connectivity index is 2.18. The van der Waals surface area contributed by atoms with E-state index in [1.165, 1.54) is 0 Å². The van der Waals surface area contributed by atoms with Crippen LogP contribution in [-0.4, -0.2) is 44.1 Å². The minimum absolute atomic E-state index is 0.0738. The first kappa shape index (κ1) is 13.5. The number of nitrogens with one attached hydrogen (secondary N) is 1. The van der Waals surface area contributed by atoms with Gasteiger partial charge in [0.05, 0.1) is 6.04 Å². The highest BCUT2D eigenvalue weighted by Crippen LogP contribution is 2.07. The van der Waals surface area contributed by atoms with Crippen molar-refractivity contribution < 1.29 is 9.53 Å². The van der Waals surface area contributed by atoms with Gasteiger partial charge in [0, 0.05) is 20.6 Å². The third-order valence-corrected chi connectivity index (χ3v) is 2.38. The van der Waals surface area contributed by atoms with E-state index in [-0.39, 0.29) is 11.9 Å². The molecule has 0 heterocycles. The Kier molecular flexibility index (Phi) is 5.49. The molecule has 0 saturated heterocycles. The van der Waals surface area contributed by atoms with E-state index in [4.69, 9.17) is 4.74 Å². The van der Waals surface area contributed by atoms with Crippen LogP contribution in [0.1, 0.15) is 6.92 Å². The second-order valence-electron chi connectivity index (χ2n) is 4.07. The van der Waals surface area contributed by atoms with Gasteiger partial charge in [-0.05, 0) is 19.1 Å². The summed E-state index contributed by atoms with van der Waals surface area (Å²) in [6, 6.07) is 9.46. The van der Waals surface area contributed by atoms with Crippen LogP contribution in [0.4, 0.5) is 0 Å². The second-order valence-corrected chi connectivity index (χ2v) is 4.07. The molecule has 1 aromatic carbocycles. The minimum Gasteiger partial charge on any atom is -0.492 e. The molecule has 0 aromatic heterocycles. The summed E-state index contributed by atoms with van der Waals surface area (Å²) in [5.74, 6) is 0.922. The first-order valence-corrected chi connectivity index (χ1v) is 5.73. The number of rotatable bonds is 6. The Bertz CT molecular complexity index is 339. The number of benzene rings is 1. The van der Waals surface area contributed by atoms with Gasteiger partial charge in [-0.2, -0.15) is 0 Å². The molecule has 1 unspecified atom stereocenters. The number of likely N-dealkylation sites (N-methyl/N-ethyl adjacent to an activating group) is 1. The average molecular weight is 236 g/mol. The van der Waals surface area contributed by atoms with E-state index >= 15 is 0 Å². The molecule has 1 aromatic rings. The maximum atomic E-state index is 11.5. The Hall–Kier alpha value is -1.55. The fourth-order valence-electron chi connectivity index (χ4n) is 1.44. The van der Waals surface area contributed by atoms with E-state index in [2.05, 4.69) is 5.32 Å². The van der Waals surface area contributed by atoms with Crippen LogP contribution in [0.25, 0.3) is 0 Å². The van der Waals surface area contributed by atoms with Gasteiger partial charge >= 0.3 is 0 Å². The van der Waals surface area contributed by atoms with Crippen LogP contribution in [0.2, 0.25) is 0 Å². The lowest BCUT2D eigenvalue weighted by molar-refractivity contribution is -0.130. The molecule has 0 aliphatic carbocycles. The highest BCUT2D eigenvalue weighted by molar-refractivity contribution is 5.80. The molecule has 4 heteroatoms. The smallest absolute Gasteiger partial charge is 0.238 e. The van der Waals surface area contributed by atoms with Crippen LogP contribution in [0.15, 0.2) is 30.3 Å². The summed E-state index contributed by atoms with van der Waals surface area (Å²) < 4.78 is 5.51. The van der Waals surface area contributed by atoms with Gasteiger partial charge in [-0.1, -0.05) is 18.2 Å². The highest BCUT2D eigenvalue weighted by atomic mass is 16.5. The Morgan fingerprint density at radius 1 is 1.35 bits per heavy atom. The van der Waals surface area contributed by atoms with E-state index in [1.54, 1.807) is 19.0 Å². The zero-order chi connectivity index (χ0) is 12.7. The fraction of sp³-hybridized carbons (Fsp3) is 0.462. The summed E-state index contributed by atoms with van der Waals surface area (Å²) in [7, 11) is 3.50. The van der Waals surface area contributed by atoms with Crippen LogP contribution in [0, 0.1) is 0 Å². The molecule has 1 atom stereocenters.